The van der Waals surface area contributed by atoms with Crippen LogP contribution in [0.3, 0.4) is 0 Å². The highest BCUT2D eigenvalue weighted by molar-refractivity contribution is 6.21. The van der Waals surface area contributed by atoms with Crippen LogP contribution in [0.25, 0.3) is 83.6 Å². The van der Waals surface area contributed by atoms with Gasteiger partial charge in [-0.25, -0.2) is 4.98 Å². The molecule has 6 aromatic carbocycles. The topological polar surface area (TPSA) is 56.7 Å². The van der Waals surface area contributed by atoms with E-state index in [1.807, 2.05) is 84.9 Å². The number of fused-ring (bicyclic) bond motifs is 7. The van der Waals surface area contributed by atoms with Gasteiger partial charge >= 0.3 is 0 Å². The van der Waals surface area contributed by atoms with Gasteiger partial charge < -0.3 is 4.42 Å². The summed E-state index contributed by atoms with van der Waals surface area (Å²) in [5.74, 6) is 1.77. The molecule has 0 spiro atoms. The molecule has 5 nitrogen and oxygen atoms in total. The van der Waals surface area contributed by atoms with Gasteiger partial charge in [0, 0.05) is 32.7 Å². The Morgan fingerprint density at radius 3 is 1.70 bits per heavy atom. The fraction of sp³-hybridized carbons (Fsp3) is 0. The van der Waals surface area contributed by atoms with Crippen LogP contribution in [-0.2, 0) is 0 Å². The Bertz CT molecular complexity index is 2420. The van der Waals surface area contributed by atoms with Gasteiger partial charge in [-0.05, 0) is 35.4 Å². The van der Waals surface area contributed by atoms with E-state index in [1.54, 1.807) is 0 Å². The molecule has 9 aromatic rings. The monoisotopic (exact) mass is 564 g/mol. The normalized spacial score (nSPS) is 11.6. The number of hydrogen-bond acceptors (Lipinski definition) is 4. The van der Waals surface area contributed by atoms with Gasteiger partial charge in [-0.3, -0.25) is 4.57 Å². The SMILES string of the molecule is c1ccc(-c2ccc3c(c2)c2ccc4c5ccccc5oc4c2n3-c2nc(-c3ccccc3)nc(-c3ccccc3)n2)cc1. The van der Waals surface area contributed by atoms with Crippen molar-refractivity contribution in [1.29, 1.82) is 0 Å². The quantitative estimate of drug-likeness (QED) is 0.213. The van der Waals surface area contributed by atoms with Crippen molar-refractivity contribution in [2.45, 2.75) is 0 Å². The fourth-order valence-electron chi connectivity index (χ4n) is 6.20. The number of nitrogens with zero attached hydrogens (tertiary/aromatic N) is 4. The van der Waals surface area contributed by atoms with Gasteiger partial charge in [0.1, 0.15) is 11.1 Å². The molecule has 0 aliphatic carbocycles. The number of hydrogen-bond donors (Lipinski definition) is 0. The molecule has 0 bridgehead atoms. The van der Waals surface area contributed by atoms with Gasteiger partial charge in [-0.1, -0.05) is 121 Å². The molecule has 0 aliphatic heterocycles. The second-order valence-corrected chi connectivity index (χ2v) is 10.9. The predicted molar refractivity (Wildman–Crippen MR) is 178 cm³/mol. The first-order valence-corrected chi connectivity index (χ1v) is 14.6. The summed E-state index contributed by atoms with van der Waals surface area (Å²) < 4.78 is 8.75. The molecule has 3 aromatic heterocycles. The summed E-state index contributed by atoms with van der Waals surface area (Å²) in [6.45, 7) is 0. The summed E-state index contributed by atoms with van der Waals surface area (Å²) in [5, 5.41) is 4.32. The Kier molecular flexibility index (Phi) is 5.43. The molecule has 0 saturated carbocycles. The van der Waals surface area contributed by atoms with Crippen molar-refractivity contribution >= 4 is 43.7 Å². The zero-order chi connectivity index (χ0) is 29.0. The highest BCUT2D eigenvalue weighted by atomic mass is 16.3. The van der Waals surface area contributed by atoms with Crippen LogP contribution in [0, 0.1) is 0 Å². The lowest BCUT2D eigenvalue weighted by Gasteiger charge is -2.11. The maximum Gasteiger partial charge on any atom is 0.238 e. The summed E-state index contributed by atoms with van der Waals surface area (Å²) >= 11 is 0. The molecule has 0 amide bonds. The zero-order valence-electron chi connectivity index (χ0n) is 23.6. The largest absolute Gasteiger partial charge is 0.454 e. The van der Waals surface area contributed by atoms with Crippen molar-refractivity contribution in [3.63, 3.8) is 0 Å². The molecule has 9 rings (SSSR count). The second kappa shape index (κ2) is 9.75. The molecule has 0 N–H and O–H groups in total. The second-order valence-electron chi connectivity index (χ2n) is 10.9. The number of benzene rings is 6. The summed E-state index contributed by atoms with van der Waals surface area (Å²) in [6.07, 6.45) is 0. The van der Waals surface area contributed by atoms with Gasteiger partial charge in [0.15, 0.2) is 17.2 Å². The van der Waals surface area contributed by atoms with E-state index in [0.717, 1.165) is 66.0 Å². The third-order valence-corrected chi connectivity index (χ3v) is 8.27. The van der Waals surface area contributed by atoms with Crippen molar-refractivity contribution < 1.29 is 4.42 Å². The zero-order valence-corrected chi connectivity index (χ0v) is 23.6. The summed E-state index contributed by atoms with van der Waals surface area (Å²) in [6, 6.07) is 49.8. The van der Waals surface area contributed by atoms with Crippen LogP contribution in [-0.4, -0.2) is 19.5 Å². The third-order valence-electron chi connectivity index (χ3n) is 8.27. The minimum absolute atomic E-state index is 0.540. The van der Waals surface area contributed by atoms with Crippen LogP contribution < -0.4 is 0 Å². The van der Waals surface area contributed by atoms with Crippen molar-refractivity contribution in [3.05, 3.63) is 146 Å². The molecular weight excluding hydrogens is 540 g/mol. The number of rotatable bonds is 4. The van der Waals surface area contributed by atoms with Gasteiger partial charge in [0.25, 0.3) is 0 Å². The maximum absolute atomic E-state index is 6.61. The van der Waals surface area contributed by atoms with E-state index in [1.165, 1.54) is 0 Å². The van der Waals surface area contributed by atoms with Gasteiger partial charge in [-0.15, -0.1) is 0 Å². The first-order chi connectivity index (χ1) is 21.8. The molecule has 5 heteroatoms. The molecule has 0 saturated heterocycles. The van der Waals surface area contributed by atoms with Crippen LogP contribution in [0.2, 0.25) is 0 Å². The lowest BCUT2D eigenvalue weighted by Crippen LogP contribution is -2.06. The standard InChI is InChI=1S/C39H24N4O/c1-4-12-25(13-5-1)28-20-23-33-32(24-28)30-21-22-31-29-18-10-11-19-34(29)44-36(31)35(30)43(33)39-41-37(26-14-6-2-7-15-26)40-38(42-39)27-16-8-3-9-17-27/h1-24H. The Morgan fingerprint density at radius 1 is 0.432 bits per heavy atom. The van der Waals surface area contributed by atoms with Crippen LogP contribution in [0.1, 0.15) is 0 Å². The Labute approximate surface area is 252 Å². The molecule has 44 heavy (non-hydrogen) atoms. The van der Waals surface area contributed by atoms with Gasteiger partial charge in [-0.2, -0.15) is 9.97 Å². The molecule has 0 atom stereocenters. The number of para-hydroxylation sites is 1. The van der Waals surface area contributed by atoms with Gasteiger partial charge in [0.2, 0.25) is 5.95 Å². The van der Waals surface area contributed by atoms with E-state index in [0.29, 0.717) is 17.6 Å². The van der Waals surface area contributed by atoms with Crippen molar-refractivity contribution in [2.75, 3.05) is 0 Å². The molecule has 3 heterocycles. The first kappa shape index (κ1) is 24.5. The van der Waals surface area contributed by atoms with Crippen LogP contribution in [0.15, 0.2) is 150 Å². The van der Waals surface area contributed by atoms with Gasteiger partial charge in [0.05, 0.1) is 5.52 Å². The Hall–Kier alpha value is -6.07. The summed E-state index contributed by atoms with van der Waals surface area (Å²) in [4.78, 5) is 15.2. The van der Waals surface area contributed by atoms with Crippen LogP contribution in [0.4, 0.5) is 0 Å². The Morgan fingerprint density at radius 2 is 1.02 bits per heavy atom. The number of furan rings is 1. The van der Waals surface area contributed by atoms with Crippen molar-refractivity contribution in [2.24, 2.45) is 0 Å². The van der Waals surface area contributed by atoms with E-state index >= 15 is 0 Å². The van der Waals surface area contributed by atoms with E-state index in [2.05, 4.69) is 65.2 Å². The maximum atomic E-state index is 6.61. The van der Waals surface area contributed by atoms with E-state index in [-0.39, 0.29) is 0 Å². The minimum atomic E-state index is 0.540. The molecule has 0 unspecified atom stereocenters. The fourth-order valence-corrected chi connectivity index (χ4v) is 6.20. The van der Waals surface area contributed by atoms with Crippen molar-refractivity contribution in [1.82, 2.24) is 19.5 Å². The highest BCUT2D eigenvalue weighted by Gasteiger charge is 2.22. The first-order valence-electron chi connectivity index (χ1n) is 14.6. The lowest BCUT2D eigenvalue weighted by molar-refractivity contribution is 0.670. The van der Waals surface area contributed by atoms with E-state index in [4.69, 9.17) is 19.4 Å². The molecular formula is C39H24N4O. The summed E-state index contributed by atoms with van der Waals surface area (Å²) in [5.41, 5.74) is 7.75. The third kappa shape index (κ3) is 3.83. The average molecular weight is 565 g/mol. The highest BCUT2D eigenvalue weighted by Crippen LogP contribution is 2.41. The minimum Gasteiger partial charge on any atom is -0.454 e. The molecule has 206 valence electrons. The van der Waals surface area contributed by atoms with E-state index in [9.17, 15) is 0 Å². The lowest BCUT2D eigenvalue weighted by atomic mass is 10.0. The van der Waals surface area contributed by atoms with Crippen LogP contribution >= 0.6 is 0 Å². The average Bonchev–Trinajstić information content (AvgIpc) is 3.65. The predicted octanol–water partition coefficient (Wildman–Crippen LogP) is 9.87. The van der Waals surface area contributed by atoms with Crippen molar-refractivity contribution in [3.8, 4) is 39.9 Å². The Balaban J connectivity index is 1.42. The smallest absolute Gasteiger partial charge is 0.238 e. The number of aromatic nitrogens is 4. The van der Waals surface area contributed by atoms with Crippen LogP contribution in [0.5, 0.6) is 0 Å². The molecule has 0 aliphatic rings. The molecule has 0 fully saturated rings. The van der Waals surface area contributed by atoms with E-state index < -0.39 is 0 Å². The molecule has 0 radical (unpaired) electrons. The summed E-state index contributed by atoms with van der Waals surface area (Å²) in [7, 11) is 0.